The van der Waals surface area contributed by atoms with Crippen LogP contribution >= 0.6 is 11.6 Å². The highest BCUT2D eigenvalue weighted by atomic mass is 35.5. The second-order valence-electron chi connectivity index (χ2n) is 3.51. The van der Waals surface area contributed by atoms with Crippen LogP contribution in [0.5, 0.6) is 0 Å². The van der Waals surface area contributed by atoms with Crippen molar-refractivity contribution < 1.29 is 8.78 Å². The summed E-state index contributed by atoms with van der Waals surface area (Å²) in [5.41, 5.74) is 1.84. The molecule has 14 heavy (non-hydrogen) atoms. The lowest BCUT2D eigenvalue weighted by atomic mass is 10.1. The fraction of sp³-hybridized carbons (Fsp3) is 0.400. The van der Waals surface area contributed by atoms with E-state index in [1.54, 1.807) is 4.90 Å². The molecule has 0 amide bonds. The highest BCUT2D eigenvalue weighted by Crippen LogP contribution is 2.31. The van der Waals surface area contributed by atoms with E-state index in [9.17, 15) is 8.78 Å². The van der Waals surface area contributed by atoms with Crippen LogP contribution in [0.3, 0.4) is 0 Å². The molecule has 0 aromatic heterocycles. The molecule has 0 aliphatic carbocycles. The summed E-state index contributed by atoms with van der Waals surface area (Å²) in [4.78, 5) is 1.65. The third-order valence-corrected chi connectivity index (χ3v) is 2.61. The highest BCUT2D eigenvalue weighted by molar-refractivity contribution is 6.17. The minimum absolute atomic E-state index is 0.173. The number of halogens is 3. The fourth-order valence-corrected chi connectivity index (χ4v) is 1.67. The first-order valence-electron chi connectivity index (χ1n) is 4.38. The highest BCUT2D eigenvalue weighted by Gasteiger charge is 2.43. The van der Waals surface area contributed by atoms with Crippen LogP contribution in [-0.2, 0) is 5.88 Å². The molecular weight excluding hydrogens is 208 g/mol. The van der Waals surface area contributed by atoms with Gasteiger partial charge in [0.25, 0.3) is 5.92 Å². The fourth-order valence-electron chi connectivity index (χ4n) is 1.49. The minimum atomic E-state index is -2.51. The van der Waals surface area contributed by atoms with Crippen LogP contribution < -0.4 is 4.90 Å². The number of alkyl halides is 3. The van der Waals surface area contributed by atoms with Crippen molar-refractivity contribution in [1.82, 2.24) is 0 Å². The minimum Gasteiger partial charge on any atom is -0.359 e. The van der Waals surface area contributed by atoms with E-state index >= 15 is 0 Å². The molecule has 1 aliphatic heterocycles. The zero-order chi connectivity index (χ0) is 10.2. The second kappa shape index (κ2) is 3.39. The van der Waals surface area contributed by atoms with Gasteiger partial charge < -0.3 is 4.90 Å². The van der Waals surface area contributed by atoms with Crippen LogP contribution in [0.2, 0.25) is 0 Å². The van der Waals surface area contributed by atoms with Gasteiger partial charge in [-0.15, -0.1) is 11.6 Å². The predicted molar refractivity (Wildman–Crippen MR) is 53.2 cm³/mol. The summed E-state index contributed by atoms with van der Waals surface area (Å²) in [6.07, 6.45) is 0. The molecule has 0 saturated carbocycles. The normalized spacial score (nSPS) is 19.2. The Morgan fingerprint density at radius 2 is 1.79 bits per heavy atom. The SMILES string of the molecule is FC1(F)CN(c2ccc(CCl)cc2)C1. The molecule has 1 aromatic carbocycles. The van der Waals surface area contributed by atoms with E-state index in [1.807, 2.05) is 24.3 Å². The van der Waals surface area contributed by atoms with E-state index < -0.39 is 5.92 Å². The molecule has 76 valence electrons. The average molecular weight is 218 g/mol. The molecule has 1 fully saturated rings. The monoisotopic (exact) mass is 217 g/mol. The van der Waals surface area contributed by atoms with Gasteiger partial charge in [-0.1, -0.05) is 12.1 Å². The molecule has 1 aliphatic rings. The maximum Gasteiger partial charge on any atom is 0.282 e. The molecule has 0 bridgehead atoms. The Labute approximate surface area is 86.3 Å². The lowest BCUT2D eigenvalue weighted by Crippen LogP contribution is -2.56. The Morgan fingerprint density at radius 1 is 1.21 bits per heavy atom. The van der Waals surface area contributed by atoms with Crippen LogP contribution in [0.4, 0.5) is 14.5 Å². The molecule has 1 nitrogen and oxygen atoms in total. The standard InChI is InChI=1S/C10H10ClF2N/c11-5-8-1-3-9(4-2-8)14-6-10(12,13)7-14/h1-4H,5-7H2. The average Bonchev–Trinajstić information content (AvgIpc) is 2.14. The Morgan fingerprint density at radius 3 is 2.21 bits per heavy atom. The number of hydrogen-bond acceptors (Lipinski definition) is 1. The third kappa shape index (κ3) is 1.82. The topological polar surface area (TPSA) is 3.24 Å². The van der Waals surface area contributed by atoms with Crippen molar-refractivity contribution in [2.24, 2.45) is 0 Å². The first-order chi connectivity index (χ1) is 6.61. The van der Waals surface area contributed by atoms with E-state index in [-0.39, 0.29) is 13.1 Å². The van der Waals surface area contributed by atoms with Crippen molar-refractivity contribution in [3.05, 3.63) is 29.8 Å². The summed E-state index contributed by atoms with van der Waals surface area (Å²) >= 11 is 5.62. The van der Waals surface area contributed by atoms with Gasteiger partial charge in [-0.25, -0.2) is 8.78 Å². The van der Waals surface area contributed by atoms with Crippen LogP contribution in [0.25, 0.3) is 0 Å². The molecule has 0 spiro atoms. The van der Waals surface area contributed by atoms with Crippen LogP contribution in [-0.4, -0.2) is 19.0 Å². The van der Waals surface area contributed by atoms with Gasteiger partial charge in [-0.05, 0) is 17.7 Å². The van der Waals surface area contributed by atoms with Gasteiger partial charge in [0.1, 0.15) is 0 Å². The van der Waals surface area contributed by atoms with Crippen LogP contribution in [0, 0.1) is 0 Å². The number of anilines is 1. The van der Waals surface area contributed by atoms with Crippen molar-refractivity contribution in [2.75, 3.05) is 18.0 Å². The summed E-state index contributed by atoms with van der Waals surface area (Å²) in [6.45, 7) is -0.347. The summed E-state index contributed by atoms with van der Waals surface area (Å²) in [5, 5.41) is 0. The van der Waals surface area contributed by atoms with E-state index in [0.717, 1.165) is 11.3 Å². The van der Waals surface area contributed by atoms with Gasteiger partial charge in [0, 0.05) is 11.6 Å². The number of nitrogens with zero attached hydrogens (tertiary/aromatic N) is 1. The lowest BCUT2D eigenvalue weighted by molar-refractivity contribution is -0.0262. The molecule has 0 unspecified atom stereocenters. The smallest absolute Gasteiger partial charge is 0.282 e. The largest absolute Gasteiger partial charge is 0.359 e. The Kier molecular flexibility index (Phi) is 2.35. The van der Waals surface area contributed by atoms with Gasteiger partial charge in [-0.3, -0.25) is 0 Å². The van der Waals surface area contributed by atoms with E-state index in [2.05, 4.69) is 0 Å². The number of rotatable bonds is 2. The van der Waals surface area contributed by atoms with Crippen LogP contribution in [0.15, 0.2) is 24.3 Å². The Hall–Kier alpha value is -0.830. The maximum absolute atomic E-state index is 12.6. The van der Waals surface area contributed by atoms with Gasteiger partial charge in [0.15, 0.2) is 0 Å². The zero-order valence-corrected chi connectivity index (χ0v) is 8.27. The van der Waals surface area contributed by atoms with Crippen molar-refractivity contribution in [1.29, 1.82) is 0 Å². The Balaban J connectivity index is 2.05. The second-order valence-corrected chi connectivity index (χ2v) is 3.78. The molecule has 1 aromatic rings. The summed E-state index contributed by atoms with van der Waals surface area (Å²) in [5.74, 6) is -2.05. The van der Waals surface area contributed by atoms with Crippen molar-refractivity contribution in [2.45, 2.75) is 11.8 Å². The first kappa shape index (κ1) is 9.71. The zero-order valence-electron chi connectivity index (χ0n) is 7.51. The molecule has 2 rings (SSSR count). The molecular formula is C10H10ClF2N. The Bertz CT molecular complexity index is 315. The quantitative estimate of drug-likeness (QED) is 0.689. The molecule has 4 heteroatoms. The maximum atomic E-state index is 12.6. The van der Waals surface area contributed by atoms with Crippen molar-refractivity contribution in [3.63, 3.8) is 0 Å². The molecule has 0 N–H and O–H groups in total. The number of benzene rings is 1. The summed E-state index contributed by atoms with van der Waals surface area (Å²) < 4.78 is 25.1. The molecule has 1 saturated heterocycles. The van der Waals surface area contributed by atoms with Gasteiger partial charge in [0.2, 0.25) is 0 Å². The summed E-state index contributed by atoms with van der Waals surface area (Å²) in [6, 6.07) is 7.37. The number of hydrogen-bond donors (Lipinski definition) is 0. The third-order valence-electron chi connectivity index (χ3n) is 2.30. The molecule has 0 atom stereocenters. The summed E-state index contributed by atoms with van der Waals surface area (Å²) in [7, 11) is 0. The van der Waals surface area contributed by atoms with Gasteiger partial charge >= 0.3 is 0 Å². The van der Waals surface area contributed by atoms with E-state index in [4.69, 9.17) is 11.6 Å². The predicted octanol–water partition coefficient (Wildman–Crippen LogP) is 2.88. The van der Waals surface area contributed by atoms with Crippen molar-refractivity contribution >= 4 is 17.3 Å². The van der Waals surface area contributed by atoms with E-state index in [0.29, 0.717) is 5.88 Å². The van der Waals surface area contributed by atoms with Crippen molar-refractivity contribution in [3.8, 4) is 0 Å². The lowest BCUT2D eigenvalue weighted by Gasteiger charge is -2.40. The molecule has 0 radical (unpaired) electrons. The van der Waals surface area contributed by atoms with Crippen LogP contribution in [0.1, 0.15) is 5.56 Å². The van der Waals surface area contributed by atoms with Gasteiger partial charge in [-0.2, -0.15) is 0 Å². The first-order valence-corrected chi connectivity index (χ1v) is 4.92. The van der Waals surface area contributed by atoms with Gasteiger partial charge in [0.05, 0.1) is 13.1 Å². The van der Waals surface area contributed by atoms with E-state index in [1.165, 1.54) is 0 Å². The molecule has 1 heterocycles.